The van der Waals surface area contributed by atoms with Gasteiger partial charge in [-0.2, -0.15) is 0 Å². The van der Waals surface area contributed by atoms with Crippen LogP contribution in [0.1, 0.15) is 28.7 Å². The van der Waals surface area contributed by atoms with Gasteiger partial charge in [0.25, 0.3) is 10.0 Å². The Morgan fingerprint density at radius 3 is 2.27 bits per heavy atom. The van der Waals surface area contributed by atoms with Gasteiger partial charge in [0.1, 0.15) is 25.8 Å². The molecule has 3 amide bonds. The van der Waals surface area contributed by atoms with E-state index in [1.165, 1.54) is 39.3 Å². The Balaban J connectivity index is 0.00000331. The first-order valence-electron chi connectivity index (χ1n) is 18.3. The minimum absolute atomic E-state index is 0. The number of hydrogen-bond donors (Lipinski definition) is 0. The molecule has 2 aliphatic heterocycles. The molecule has 0 spiro atoms. The fraction of sp³-hybridized carbons (Fsp3) is 0.244. The molecule has 2 atom stereocenters. The molecule has 7 rings (SSSR count). The summed E-state index contributed by atoms with van der Waals surface area (Å²) in [5.41, 5.74) is 3.30. The molecule has 296 valence electrons. The van der Waals surface area contributed by atoms with Crippen molar-refractivity contribution in [1.82, 2.24) is 23.8 Å². The van der Waals surface area contributed by atoms with Crippen molar-refractivity contribution >= 4 is 46.5 Å². The predicted octanol–water partition coefficient (Wildman–Crippen LogP) is -2.61. The van der Waals surface area contributed by atoms with Crippen LogP contribution in [-0.2, 0) is 48.4 Å². The van der Waals surface area contributed by atoms with Crippen LogP contribution in [0.15, 0.2) is 127 Å². The molecule has 2 aliphatic rings. The third-order valence-electron chi connectivity index (χ3n) is 10.2. The Morgan fingerprint density at radius 1 is 0.915 bits per heavy atom. The Morgan fingerprint density at radius 2 is 1.61 bits per heavy atom. The van der Waals surface area contributed by atoms with Gasteiger partial charge in [0.05, 0.1) is 23.5 Å². The van der Waals surface area contributed by atoms with E-state index in [2.05, 4.69) is 11.1 Å². The maximum absolute atomic E-state index is 14.7. The Labute approximate surface area is 387 Å². The van der Waals surface area contributed by atoms with Crippen LogP contribution in [0.25, 0.3) is 10.9 Å². The number of carbonyl (C=O) groups is 3. The number of benzene rings is 4. The van der Waals surface area contributed by atoms with E-state index in [4.69, 9.17) is 0 Å². The van der Waals surface area contributed by atoms with Crippen molar-refractivity contribution < 1.29 is 101 Å². The van der Waals surface area contributed by atoms with Gasteiger partial charge in [-0.1, -0.05) is 84.4 Å². The molecule has 3 heterocycles. The van der Waals surface area contributed by atoms with Crippen molar-refractivity contribution in [2.45, 2.75) is 49.8 Å². The van der Waals surface area contributed by atoms with Gasteiger partial charge in [-0.05, 0) is 60.4 Å². The average molecular weight is 856 g/mol. The monoisotopic (exact) mass is 855 g/mol. The summed E-state index contributed by atoms with van der Waals surface area (Å²) < 4.78 is 44.9. The minimum atomic E-state index is -5.32. The maximum atomic E-state index is 14.7. The van der Waals surface area contributed by atoms with Gasteiger partial charge in [0.15, 0.2) is 0 Å². The number of piperazine rings is 1. The zero-order valence-corrected chi connectivity index (χ0v) is 38.8. The number of fused-ring (bicyclic) bond motifs is 2. The van der Waals surface area contributed by atoms with Crippen LogP contribution >= 0.6 is 7.82 Å². The fourth-order valence-corrected chi connectivity index (χ4v) is 9.32. The molecule has 0 N–H and O–H groups in total. The second kappa shape index (κ2) is 19.4. The molecule has 0 aliphatic carbocycles. The van der Waals surface area contributed by atoms with Gasteiger partial charge >= 0.3 is 59.1 Å². The molecule has 2 saturated heterocycles. The van der Waals surface area contributed by atoms with Crippen LogP contribution in [-0.4, -0.2) is 81.8 Å². The molecule has 18 heteroatoms. The fourth-order valence-electron chi connectivity index (χ4n) is 7.55. The number of phosphoric acid groups is 1. The van der Waals surface area contributed by atoms with E-state index in [0.29, 0.717) is 28.5 Å². The molecule has 0 saturated carbocycles. The van der Waals surface area contributed by atoms with E-state index in [-0.39, 0.29) is 121 Å². The second-order valence-electron chi connectivity index (χ2n) is 14.0. The number of rotatable bonds is 13. The van der Waals surface area contributed by atoms with Crippen molar-refractivity contribution in [2.75, 3.05) is 19.6 Å². The SMILES string of the molecule is C=CCN1CC(=O)N2[C@@H](Cc3ccc(OP(=O)([O-])[O-])cc3)C(=O)N(Cc3cccc4ccn(S(=O)(=O)c5ccc(C)cc5)c34)C[C@@H]2N1C(=O)CCc1ccccc1.[Na+].[Na+]. The summed E-state index contributed by atoms with van der Waals surface area (Å²) in [6.07, 6.45) is 2.67. The van der Waals surface area contributed by atoms with Crippen LogP contribution in [0.4, 0.5) is 0 Å². The molecule has 0 radical (unpaired) electrons. The first-order valence-corrected chi connectivity index (χ1v) is 21.2. The Bertz CT molecular complexity index is 2480. The first kappa shape index (κ1) is 46.5. The summed E-state index contributed by atoms with van der Waals surface area (Å²) in [5.74, 6) is -1.29. The van der Waals surface area contributed by atoms with Crippen LogP contribution < -0.4 is 73.4 Å². The number of para-hydroxylation sites is 1. The topological polar surface area (TPSA) is 176 Å². The third kappa shape index (κ3) is 10.3. The van der Waals surface area contributed by atoms with Gasteiger partial charge in [-0.15, -0.1) is 6.58 Å². The van der Waals surface area contributed by atoms with Crippen molar-refractivity contribution in [2.24, 2.45) is 0 Å². The number of phosphoric ester groups is 1. The number of hydrazine groups is 1. The Hall–Kier alpha value is -3.57. The molecule has 0 unspecified atom stereocenters. The summed E-state index contributed by atoms with van der Waals surface area (Å²) in [7, 11) is -9.37. The van der Waals surface area contributed by atoms with Crippen molar-refractivity contribution in [1.29, 1.82) is 0 Å². The molecule has 2 fully saturated rings. The first-order chi connectivity index (χ1) is 27.2. The maximum Gasteiger partial charge on any atom is 1.00 e. The number of carbonyl (C=O) groups excluding carboxylic acids is 3. The van der Waals surface area contributed by atoms with Crippen molar-refractivity contribution in [3.8, 4) is 5.75 Å². The number of hydrogen-bond acceptors (Lipinski definition) is 10. The third-order valence-corrected chi connectivity index (χ3v) is 12.3. The summed E-state index contributed by atoms with van der Waals surface area (Å²) in [4.78, 5) is 68.6. The zero-order chi connectivity index (χ0) is 40.5. The van der Waals surface area contributed by atoms with Gasteiger partial charge in [0, 0.05) is 37.5 Å². The van der Waals surface area contributed by atoms with Crippen LogP contribution in [0.3, 0.4) is 0 Å². The average Bonchev–Trinajstić information content (AvgIpc) is 3.63. The van der Waals surface area contributed by atoms with Gasteiger partial charge in [0.2, 0.25) is 17.7 Å². The smallest absolute Gasteiger partial charge is 0.780 e. The van der Waals surface area contributed by atoms with E-state index < -0.39 is 36.0 Å². The summed E-state index contributed by atoms with van der Waals surface area (Å²) >= 11 is 0. The van der Waals surface area contributed by atoms with E-state index in [1.54, 1.807) is 69.5 Å². The van der Waals surface area contributed by atoms with Gasteiger partial charge in [-0.3, -0.25) is 14.4 Å². The molecule has 1 aromatic heterocycles. The van der Waals surface area contributed by atoms with Crippen LogP contribution in [0.2, 0.25) is 0 Å². The molecule has 4 aromatic carbocycles. The zero-order valence-electron chi connectivity index (χ0n) is 33.0. The van der Waals surface area contributed by atoms with Gasteiger partial charge < -0.3 is 28.7 Å². The van der Waals surface area contributed by atoms with E-state index in [9.17, 15) is 37.2 Å². The minimum Gasteiger partial charge on any atom is -0.780 e. The van der Waals surface area contributed by atoms with Crippen molar-refractivity contribution in [3.05, 3.63) is 144 Å². The summed E-state index contributed by atoms with van der Waals surface area (Å²) in [6.45, 7) is 5.56. The van der Waals surface area contributed by atoms with Crippen LogP contribution in [0.5, 0.6) is 5.75 Å². The van der Waals surface area contributed by atoms with Crippen LogP contribution in [0, 0.1) is 6.92 Å². The van der Waals surface area contributed by atoms with E-state index in [0.717, 1.165) is 11.1 Å². The van der Waals surface area contributed by atoms with E-state index >= 15 is 0 Å². The van der Waals surface area contributed by atoms with E-state index in [1.807, 2.05) is 37.3 Å². The summed E-state index contributed by atoms with van der Waals surface area (Å²) in [6, 6.07) is 27.5. The Kier molecular flexibility index (Phi) is 15.3. The number of nitrogens with zero attached hydrogens (tertiary/aromatic N) is 5. The quantitative estimate of drug-likeness (QED) is 0.0694. The standard InChI is InChI=1S/C41H42N5O9PS.2Na/c1-3-23-43-28-39(48)45-36(25-31-14-17-34(18-15-31)55-56(50,51)52)41(49)42(27-37(45)46(43)38(47)21-16-30-8-5-4-6-9-30)26-33-11-7-10-32-22-24-44(40(32)33)57(53,54)35-19-12-29(2)13-20-35;;/h3-15,17-20,22,24,36-37H,1,16,21,23,25-28H2,2H3,(H2,50,51,52);;/q;2*+1/p-2/t36-,37-;;/m0../s1. The number of amides is 3. The molecule has 5 aromatic rings. The normalized spacial score (nSPS) is 17.2. The van der Waals surface area contributed by atoms with Gasteiger partial charge in [-0.25, -0.2) is 22.4 Å². The molecule has 0 bridgehead atoms. The molecule has 59 heavy (non-hydrogen) atoms. The largest absolute Gasteiger partial charge is 1.00 e. The number of aromatic nitrogens is 1. The molecule has 14 nitrogen and oxygen atoms in total. The van der Waals surface area contributed by atoms with Crippen molar-refractivity contribution in [3.63, 3.8) is 0 Å². The molecular weight excluding hydrogens is 815 g/mol. The molecular formula is C41H40N5Na2O9PS. The summed E-state index contributed by atoms with van der Waals surface area (Å²) in [5, 5.41) is 3.81. The second-order valence-corrected chi connectivity index (χ2v) is 16.9. The number of aryl methyl sites for hydroxylation is 2. The predicted molar refractivity (Wildman–Crippen MR) is 207 cm³/mol.